The molecule has 1 aromatic heterocycles. The molecular formula is C31H29N3O2S. The van der Waals surface area contributed by atoms with Crippen molar-refractivity contribution in [1.29, 1.82) is 0 Å². The summed E-state index contributed by atoms with van der Waals surface area (Å²) in [4.78, 5) is 4.79. The van der Waals surface area contributed by atoms with E-state index < -0.39 is 0 Å². The van der Waals surface area contributed by atoms with Crippen LogP contribution in [0.3, 0.4) is 0 Å². The molecule has 0 amide bonds. The van der Waals surface area contributed by atoms with Crippen LogP contribution in [0.25, 0.3) is 22.2 Å². The summed E-state index contributed by atoms with van der Waals surface area (Å²) < 4.78 is 14.4. The van der Waals surface area contributed by atoms with Crippen molar-refractivity contribution in [3.05, 3.63) is 108 Å². The molecule has 0 bridgehead atoms. The van der Waals surface area contributed by atoms with Gasteiger partial charge in [-0.15, -0.1) is 11.8 Å². The minimum atomic E-state index is 0.405. The van der Waals surface area contributed by atoms with E-state index in [2.05, 4.69) is 58.4 Å². The predicted molar refractivity (Wildman–Crippen MR) is 151 cm³/mol. The van der Waals surface area contributed by atoms with Gasteiger partial charge >= 0.3 is 0 Å². The third-order valence-electron chi connectivity index (χ3n) is 6.67. The molecule has 1 aliphatic rings. The molecule has 186 valence electrons. The number of nitrogens with one attached hydrogen (secondary N) is 1. The summed E-state index contributed by atoms with van der Waals surface area (Å²) in [5, 5.41) is 4.06. The molecule has 5 aromatic rings. The standard InChI is InChI=1S/C31H29N3O2S/c1-34-30-18-27(36-26-9-5-8-24(17-26)23-6-3-2-4-7-23)14-15-29(30)33-31(34)20-35-25-12-10-22(11-13-25)16-28-19-32-21-37-28/h2-15,17-18,28,32H,16,19-21H2,1H3. The summed E-state index contributed by atoms with van der Waals surface area (Å²) in [5.74, 6) is 4.36. The first-order valence-electron chi connectivity index (χ1n) is 12.5. The topological polar surface area (TPSA) is 48.3 Å². The first kappa shape index (κ1) is 23.6. The van der Waals surface area contributed by atoms with E-state index in [-0.39, 0.29) is 0 Å². The van der Waals surface area contributed by atoms with Gasteiger partial charge in [-0.3, -0.25) is 0 Å². The van der Waals surface area contributed by atoms with Crippen molar-refractivity contribution in [2.24, 2.45) is 7.05 Å². The quantitative estimate of drug-likeness (QED) is 0.250. The van der Waals surface area contributed by atoms with Crippen LogP contribution in [-0.2, 0) is 20.1 Å². The van der Waals surface area contributed by atoms with Crippen LogP contribution in [0.2, 0.25) is 0 Å². The lowest BCUT2D eigenvalue weighted by molar-refractivity contribution is 0.292. The van der Waals surface area contributed by atoms with Crippen LogP contribution in [0.15, 0.2) is 97.1 Å². The van der Waals surface area contributed by atoms with E-state index in [1.54, 1.807) is 0 Å². The van der Waals surface area contributed by atoms with E-state index in [9.17, 15) is 0 Å². The van der Waals surface area contributed by atoms with Gasteiger partial charge in [0.05, 0.1) is 11.0 Å². The van der Waals surface area contributed by atoms with Gasteiger partial charge in [-0.1, -0.05) is 54.6 Å². The second-order valence-electron chi connectivity index (χ2n) is 9.26. The van der Waals surface area contributed by atoms with Gasteiger partial charge in [0.1, 0.15) is 29.7 Å². The highest BCUT2D eigenvalue weighted by molar-refractivity contribution is 8.00. The third kappa shape index (κ3) is 5.50. The van der Waals surface area contributed by atoms with E-state index in [4.69, 9.17) is 14.5 Å². The van der Waals surface area contributed by atoms with Crippen molar-refractivity contribution < 1.29 is 9.47 Å². The Balaban J connectivity index is 1.13. The molecule has 2 heterocycles. The number of imidazole rings is 1. The Morgan fingerprint density at radius 2 is 1.65 bits per heavy atom. The Kier molecular flexibility index (Phi) is 6.84. The fourth-order valence-corrected chi connectivity index (χ4v) is 5.65. The molecule has 5 nitrogen and oxygen atoms in total. The summed E-state index contributed by atoms with van der Waals surface area (Å²) in [6, 6.07) is 32.9. The van der Waals surface area contributed by atoms with E-state index in [0.717, 1.165) is 58.5 Å². The lowest BCUT2D eigenvalue weighted by Gasteiger charge is -2.10. The molecule has 0 saturated carbocycles. The summed E-state index contributed by atoms with van der Waals surface area (Å²) >= 11 is 1.99. The van der Waals surface area contributed by atoms with Crippen molar-refractivity contribution in [2.75, 3.05) is 12.4 Å². The Morgan fingerprint density at radius 1 is 0.865 bits per heavy atom. The van der Waals surface area contributed by atoms with E-state index in [1.807, 2.05) is 67.3 Å². The normalized spacial score (nSPS) is 15.2. The summed E-state index contributed by atoms with van der Waals surface area (Å²) in [6.07, 6.45) is 1.09. The van der Waals surface area contributed by atoms with Gasteiger partial charge in [0.15, 0.2) is 0 Å². The third-order valence-corrected chi connectivity index (χ3v) is 7.85. The number of nitrogens with zero attached hydrogens (tertiary/aromatic N) is 2. The molecule has 0 spiro atoms. The summed E-state index contributed by atoms with van der Waals surface area (Å²) in [6.45, 7) is 1.49. The molecule has 0 radical (unpaired) electrons. The second kappa shape index (κ2) is 10.7. The van der Waals surface area contributed by atoms with E-state index in [1.165, 1.54) is 11.1 Å². The SMILES string of the molecule is Cn1c(COc2ccc(CC3CNCS3)cc2)nc2ccc(Oc3cccc(-c4ccccc4)c3)cc21. The van der Waals surface area contributed by atoms with Gasteiger partial charge in [0, 0.05) is 30.8 Å². The van der Waals surface area contributed by atoms with Crippen LogP contribution in [-0.4, -0.2) is 27.2 Å². The lowest BCUT2D eigenvalue weighted by atomic mass is 10.1. The fraction of sp³-hybridized carbons (Fsp3) is 0.194. The zero-order valence-corrected chi connectivity index (χ0v) is 21.6. The maximum absolute atomic E-state index is 6.22. The van der Waals surface area contributed by atoms with Gasteiger partial charge in [0.25, 0.3) is 0 Å². The van der Waals surface area contributed by atoms with Crippen molar-refractivity contribution in [3.8, 4) is 28.4 Å². The number of rotatable bonds is 8. The summed E-state index contributed by atoms with van der Waals surface area (Å²) in [7, 11) is 2.02. The highest BCUT2D eigenvalue weighted by atomic mass is 32.2. The average molecular weight is 508 g/mol. The monoisotopic (exact) mass is 507 g/mol. The number of benzene rings is 4. The number of hydrogen-bond acceptors (Lipinski definition) is 5. The van der Waals surface area contributed by atoms with E-state index in [0.29, 0.717) is 11.9 Å². The van der Waals surface area contributed by atoms with Crippen molar-refractivity contribution in [1.82, 2.24) is 14.9 Å². The van der Waals surface area contributed by atoms with Gasteiger partial charge in [-0.25, -0.2) is 4.98 Å². The molecule has 4 aromatic carbocycles. The highest BCUT2D eigenvalue weighted by Crippen LogP contribution is 2.30. The fourth-order valence-electron chi connectivity index (χ4n) is 4.64. The first-order valence-corrected chi connectivity index (χ1v) is 13.6. The molecule has 0 aliphatic carbocycles. The Hall–Kier alpha value is -3.74. The molecule has 1 fully saturated rings. The number of thioether (sulfide) groups is 1. The maximum atomic E-state index is 6.22. The molecule has 1 aliphatic heterocycles. The van der Waals surface area contributed by atoms with E-state index >= 15 is 0 Å². The van der Waals surface area contributed by atoms with Crippen LogP contribution < -0.4 is 14.8 Å². The molecule has 1 unspecified atom stereocenters. The van der Waals surface area contributed by atoms with Crippen LogP contribution in [0.1, 0.15) is 11.4 Å². The Bertz CT molecular complexity index is 1490. The van der Waals surface area contributed by atoms with Gasteiger partial charge < -0.3 is 19.4 Å². The Morgan fingerprint density at radius 3 is 2.46 bits per heavy atom. The highest BCUT2D eigenvalue weighted by Gasteiger charge is 2.15. The maximum Gasteiger partial charge on any atom is 0.147 e. The molecule has 1 atom stereocenters. The predicted octanol–water partition coefficient (Wildman–Crippen LogP) is 6.82. The molecular weight excluding hydrogens is 478 g/mol. The molecule has 1 saturated heterocycles. The molecule has 1 N–H and O–H groups in total. The van der Waals surface area contributed by atoms with Gasteiger partial charge in [-0.2, -0.15) is 0 Å². The summed E-state index contributed by atoms with van der Waals surface area (Å²) in [5.41, 5.74) is 5.57. The van der Waals surface area contributed by atoms with Crippen LogP contribution in [0.5, 0.6) is 17.2 Å². The van der Waals surface area contributed by atoms with Gasteiger partial charge in [-0.05, 0) is 59.5 Å². The number of hydrogen-bond donors (Lipinski definition) is 1. The molecule has 6 rings (SSSR count). The average Bonchev–Trinajstić information content (AvgIpc) is 3.56. The van der Waals surface area contributed by atoms with Crippen molar-refractivity contribution in [3.63, 3.8) is 0 Å². The number of fused-ring (bicyclic) bond motifs is 1. The number of ether oxygens (including phenoxy) is 2. The number of aryl methyl sites for hydroxylation is 1. The minimum Gasteiger partial charge on any atom is -0.486 e. The smallest absolute Gasteiger partial charge is 0.147 e. The van der Waals surface area contributed by atoms with Gasteiger partial charge in [0.2, 0.25) is 0 Å². The zero-order valence-electron chi connectivity index (χ0n) is 20.8. The Labute approximate surface area is 221 Å². The van der Waals surface area contributed by atoms with Crippen molar-refractivity contribution >= 4 is 22.8 Å². The van der Waals surface area contributed by atoms with Crippen LogP contribution in [0.4, 0.5) is 0 Å². The van der Waals surface area contributed by atoms with Crippen LogP contribution in [0, 0.1) is 0 Å². The lowest BCUT2D eigenvalue weighted by Crippen LogP contribution is -2.14. The van der Waals surface area contributed by atoms with Crippen molar-refractivity contribution in [2.45, 2.75) is 18.3 Å². The largest absolute Gasteiger partial charge is 0.486 e. The zero-order chi connectivity index (χ0) is 25.0. The first-order chi connectivity index (χ1) is 18.2. The molecule has 37 heavy (non-hydrogen) atoms. The minimum absolute atomic E-state index is 0.405. The molecule has 6 heteroatoms. The van der Waals surface area contributed by atoms with Crippen LogP contribution >= 0.6 is 11.8 Å². The number of aromatic nitrogens is 2. The second-order valence-corrected chi connectivity index (χ2v) is 10.5.